The van der Waals surface area contributed by atoms with Crippen LogP contribution in [0, 0.1) is 0 Å². The lowest BCUT2D eigenvalue weighted by molar-refractivity contribution is 0.0819. The van der Waals surface area contributed by atoms with Gasteiger partial charge in [-0.05, 0) is 32.1 Å². The zero-order valence-electron chi connectivity index (χ0n) is 11.0. The fourth-order valence-electron chi connectivity index (χ4n) is 2.08. The number of rotatable bonds is 6. The predicted molar refractivity (Wildman–Crippen MR) is 73.0 cm³/mol. The van der Waals surface area contributed by atoms with Crippen molar-refractivity contribution < 1.29 is 4.79 Å². The first-order valence-electron chi connectivity index (χ1n) is 6.59. The van der Waals surface area contributed by atoms with Crippen molar-refractivity contribution in [1.82, 2.24) is 15.5 Å². The number of anilines is 1. The fourth-order valence-corrected chi connectivity index (χ4v) is 2.75. The number of hydrogen-bond donors (Lipinski definition) is 2. The highest BCUT2D eigenvalue weighted by Gasteiger charge is 2.37. The summed E-state index contributed by atoms with van der Waals surface area (Å²) in [7, 11) is 0. The molecule has 6 heteroatoms. The fraction of sp³-hybridized carbons (Fsp3) is 0.750. The molecule has 1 aliphatic rings. The maximum Gasteiger partial charge on any atom is 0.282 e. The molecule has 18 heavy (non-hydrogen) atoms. The van der Waals surface area contributed by atoms with E-state index >= 15 is 0 Å². The summed E-state index contributed by atoms with van der Waals surface area (Å²) in [5.41, 5.74) is 0.0137. The summed E-state index contributed by atoms with van der Waals surface area (Å²) in [6.07, 6.45) is 5.37. The first-order valence-corrected chi connectivity index (χ1v) is 7.40. The predicted octanol–water partition coefficient (Wildman–Crippen LogP) is 2.42. The lowest BCUT2D eigenvalue weighted by Gasteiger charge is -2.41. The van der Waals surface area contributed by atoms with Crippen molar-refractivity contribution in [2.75, 3.05) is 11.9 Å². The van der Waals surface area contributed by atoms with Gasteiger partial charge in [-0.1, -0.05) is 25.2 Å². The van der Waals surface area contributed by atoms with Crippen LogP contribution in [0.4, 0.5) is 5.13 Å². The molecular formula is C12H20N4OS. The van der Waals surface area contributed by atoms with Gasteiger partial charge in [0.1, 0.15) is 0 Å². The van der Waals surface area contributed by atoms with E-state index in [1.165, 1.54) is 17.8 Å². The average Bonchev–Trinajstić information content (AvgIpc) is 2.80. The van der Waals surface area contributed by atoms with E-state index in [4.69, 9.17) is 0 Å². The summed E-state index contributed by atoms with van der Waals surface area (Å²) in [6.45, 7) is 5.06. The maximum absolute atomic E-state index is 12.1. The number of hydrogen-bond acceptors (Lipinski definition) is 5. The molecule has 5 nitrogen and oxygen atoms in total. The Bertz CT molecular complexity index is 408. The zero-order chi connectivity index (χ0) is 13.0. The van der Waals surface area contributed by atoms with Crippen molar-refractivity contribution in [3.8, 4) is 0 Å². The number of carbonyl (C=O) groups excluding carboxylic acids is 1. The SMILES string of the molecule is CCCNc1nnc(C(=O)NC2(CC)CCC2)s1. The van der Waals surface area contributed by atoms with Crippen molar-refractivity contribution in [1.29, 1.82) is 0 Å². The monoisotopic (exact) mass is 268 g/mol. The van der Waals surface area contributed by atoms with E-state index in [1.54, 1.807) is 0 Å². The number of aromatic nitrogens is 2. The van der Waals surface area contributed by atoms with Crippen LogP contribution in [0.25, 0.3) is 0 Å². The van der Waals surface area contributed by atoms with Crippen LogP contribution in [0.3, 0.4) is 0 Å². The second-order valence-electron chi connectivity index (χ2n) is 4.78. The molecule has 0 aromatic carbocycles. The Hall–Kier alpha value is -1.17. The zero-order valence-corrected chi connectivity index (χ0v) is 11.8. The molecule has 100 valence electrons. The lowest BCUT2D eigenvalue weighted by Crippen LogP contribution is -2.52. The minimum absolute atomic E-state index is 0.0137. The standard InChI is InChI=1S/C12H20N4OS/c1-3-8-13-11-16-15-10(18-11)9(17)14-12(4-2)6-5-7-12/h3-8H2,1-2H3,(H,13,16)(H,14,17). The van der Waals surface area contributed by atoms with Crippen LogP contribution < -0.4 is 10.6 Å². The summed E-state index contributed by atoms with van der Waals surface area (Å²) < 4.78 is 0. The van der Waals surface area contributed by atoms with Gasteiger partial charge in [-0.2, -0.15) is 0 Å². The molecule has 1 heterocycles. The molecule has 1 fully saturated rings. The number of nitrogens with zero attached hydrogens (tertiary/aromatic N) is 2. The second-order valence-corrected chi connectivity index (χ2v) is 5.76. The molecule has 1 amide bonds. The number of amides is 1. The lowest BCUT2D eigenvalue weighted by atomic mass is 9.75. The molecule has 1 saturated carbocycles. The molecule has 0 aliphatic heterocycles. The summed E-state index contributed by atoms with van der Waals surface area (Å²) in [5, 5.41) is 15.3. The molecule has 0 radical (unpaired) electrons. The van der Waals surface area contributed by atoms with Gasteiger partial charge in [0.15, 0.2) is 0 Å². The van der Waals surface area contributed by atoms with E-state index in [0.29, 0.717) is 5.01 Å². The number of carbonyl (C=O) groups is 1. The van der Waals surface area contributed by atoms with Gasteiger partial charge >= 0.3 is 0 Å². The van der Waals surface area contributed by atoms with Gasteiger partial charge in [0.05, 0.1) is 0 Å². The Balaban J connectivity index is 1.94. The molecule has 2 N–H and O–H groups in total. The number of nitrogens with one attached hydrogen (secondary N) is 2. The van der Waals surface area contributed by atoms with Gasteiger partial charge in [-0.3, -0.25) is 4.79 Å². The topological polar surface area (TPSA) is 66.9 Å². The quantitative estimate of drug-likeness (QED) is 0.831. The highest BCUT2D eigenvalue weighted by molar-refractivity contribution is 7.17. The molecule has 0 unspecified atom stereocenters. The van der Waals surface area contributed by atoms with Gasteiger partial charge in [0.25, 0.3) is 5.91 Å². The van der Waals surface area contributed by atoms with E-state index in [0.717, 1.165) is 37.4 Å². The average molecular weight is 268 g/mol. The van der Waals surface area contributed by atoms with Crippen LogP contribution in [0.5, 0.6) is 0 Å². The van der Waals surface area contributed by atoms with Crippen LogP contribution in [0.2, 0.25) is 0 Å². The largest absolute Gasteiger partial charge is 0.360 e. The molecule has 0 bridgehead atoms. The minimum Gasteiger partial charge on any atom is -0.360 e. The Morgan fingerprint density at radius 3 is 2.72 bits per heavy atom. The van der Waals surface area contributed by atoms with E-state index in [9.17, 15) is 4.79 Å². The Kier molecular flexibility index (Phi) is 4.16. The summed E-state index contributed by atoms with van der Waals surface area (Å²) in [5.74, 6) is -0.0846. The van der Waals surface area contributed by atoms with Crippen molar-refractivity contribution in [2.24, 2.45) is 0 Å². The molecule has 2 rings (SSSR count). The van der Waals surface area contributed by atoms with Crippen LogP contribution in [0.1, 0.15) is 55.8 Å². The molecule has 1 aromatic rings. The van der Waals surface area contributed by atoms with Crippen LogP contribution in [0.15, 0.2) is 0 Å². The van der Waals surface area contributed by atoms with Crippen molar-refractivity contribution >= 4 is 22.4 Å². The highest BCUT2D eigenvalue weighted by atomic mass is 32.1. The van der Waals surface area contributed by atoms with E-state index in [2.05, 4.69) is 34.7 Å². The molecular weight excluding hydrogens is 248 g/mol. The molecule has 0 atom stereocenters. The minimum atomic E-state index is -0.0846. The molecule has 0 saturated heterocycles. The van der Waals surface area contributed by atoms with E-state index in [-0.39, 0.29) is 11.4 Å². The summed E-state index contributed by atoms with van der Waals surface area (Å²) in [6, 6.07) is 0. The van der Waals surface area contributed by atoms with Gasteiger partial charge in [0, 0.05) is 12.1 Å². The van der Waals surface area contributed by atoms with Crippen LogP contribution in [-0.2, 0) is 0 Å². The normalized spacial score (nSPS) is 17.0. The van der Waals surface area contributed by atoms with E-state index < -0.39 is 0 Å². The first-order chi connectivity index (χ1) is 8.69. The highest BCUT2D eigenvalue weighted by Crippen LogP contribution is 2.35. The smallest absolute Gasteiger partial charge is 0.282 e. The van der Waals surface area contributed by atoms with Crippen LogP contribution in [-0.4, -0.2) is 28.2 Å². The molecule has 1 aliphatic carbocycles. The van der Waals surface area contributed by atoms with Gasteiger partial charge in [-0.15, -0.1) is 10.2 Å². The third-order valence-corrected chi connectivity index (χ3v) is 4.39. The molecule has 0 spiro atoms. The van der Waals surface area contributed by atoms with Crippen molar-refractivity contribution in [3.63, 3.8) is 0 Å². The third-order valence-electron chi connectivity index (χ3n) is 3.51. The maximum atomic E-state index is 12.1. The second kappa shape index (κ2) is 5.65. The first kappa shape index (κ1) is 13.3. The Labute approximate surface area is 111 Å². The van der Waals surface area contributed by atoms with Gasteiger partial charge in [-0.25, -0.2) is 0 Å². The molecule has 1 aromatic heterocycles. The van der Waals surface area contributed by atoms with E-state index in [1.807, 2.05) is 0 Å². The van der Waals surface area contributed by atoms with Gasteiger partial charge < -0.3 is 10.6 Å². The summed E-state index contributed by atoms with van der Waals surface area (Å²) >= 11 is 1.32. The van der Waals surface area contributed by atoms with Gasteiger partial charge in [0.2, 0.25) is 10.1 Å². The van der Waals surface area contributed by atoms with Crippen molar-refractivity contribution in [3.05, 3.63) is 5.01 Å². The summed E-state index contributed by atoms with van der Waals surface area (Å²) in [4.78, 5) is 12.1. The Morgan fingerprint density at radius 1 is 1.39 bits per heavy atom. The van der Waals surface area contributed by atoms with Crippen LogP contribution >= 0.6 is 11.3 Å². The Morgan fingerprint density at radius 2 is 2.17 bits per heavy atom. The van der Waals surface area contributed by atoms with Crippen molar-refractivity contribution in [2.45, 2.75) is 51.5 Å². The third kappa shape index (κ3) is 2.80.